The first kappa shape index (κ1) is 35.4. The van der Waals surface area contributed by atoms with E-state index in [0.29, 0.717) is 17.5 Å². The summed E-state index contributed by atoms with van der Waals surface area (Å²) in [7, 11) is 0. The zero-order valence-electron chi connectivity index (χ0n) is 34.7. The molecule has 4 heteroatoms. The van der Waals surface area contributed by atoms with Crippen LogP contribution in [0.1, 0.15) is 44.9 Å². The van der Waals surface area contributed by atoms with Gasteiger partial charge in [-0.3, -0.25) is 0 Å². The molecule has 3 aliphatic carbocycles. The number of para-hydroxylation sites is 1. The van der Waals surface area contributed by atoms with Gasteiger partial charge in [-0.2, -0.15) is 0 Å². The summed E-state index contributed by atoms with van der Waals surface area (Å²) in [6, 6.07) is 74.7. The van der Waals surface area contributed by atoms with Crippen LogP contribution in [0.4, 0.5) is 0 Å². The van der Waals surface area contributed by atoms with Crippen LogP contribution in [-0.2, 0) is 11.8 Å². The summed E-state index contributed by atoms with van der Waals surface area (Å²) in [6.45, 7) is 0. The highest BCUT2D eigenvalue weighted by Gasteiger charge is 2.52. The van der Waals surface area contributed by atoms with E-state index >= 15 is 0 Å². The summed E-state index contributed by atoms with van der Waals surface area (Å²) >= 11 is 0. The maximum atomic E-state index is 6.78. The standard InChI is InChI=1S/C60H37N3O/c1-3-16-36(17-4-1)57-61-58(37-18-5-2-6-19-37)63-59(62-57)46-26-15-25-45-50-32-38(30-31-55(50)64-56(45)46)47-33-39-34-49-44-24-11-14-29-53(44)60(54(49)35-48(39)41-21-8-7-20-40(41)47)51-27-12-9-22-42(51)43-23-10-13-28-52(43)60/h1-32,34-35,47H,33H2. The van der Waals surface area contributed by atoms with Crippen LogP contribution in [0.15, 0.2) is 211 Å². The summed E-state index contributed by atoms with van der Waals surface area (Å²) in [5, 5.41) is 2.13. The molecule has 0 saturated carbocycles. The lowest BCUT2D eigenvalue weighted by atomic mass is 9.69. The largest absolute Gasteiger partial charge is 0.455 e. The van der Waals surface area contributed by atoms with E-state index in [-0.39, 0.29) is 11.3 Å². The zero-order chi connectivity index (χ0) is 41.9. The van der Waals surface area contributed by atoms with Gasteiger partial charge in [0, 0.05) is 27.8 Å². The lowest BCUT2D eigenvalue weighted by molar-refractivity contribution is 0.669. The Morgan fingerprint density at radius 3 is 1.59 bits per heavy atom. The van der Waals surface area contributed by atoms with Crippen molar-refractivity contribution in [3.8, 4) is 67.5 Å². The third-order valence-corrected chi connectivity index (χ3v) is 14.1. The first-order valence-corrected chi connectivity index (χ1v) is 22.1. The molecule has 0 bridgehead atoms. The van der Waals surface area contributed by atoms with Crippen molar-refractivity contribution in [2.24, 2.45) is 0 Å². The molecular formula is C60H37N3O. The number of benzene rings is 9. The van der Waals surface area contributed by atoms with Crippen molar-refractivity contribution in [1.29, 1.82) is 0 Å². The fourth-order valence-corrected chi connectivity index (χ4v) is 11.4. The smallest absolute Gasteiger partial charge is 0.167 e. The molecule has 298 valence electrons. The number of rotatable bonds is 4. The van der Waals surface area contributed by atoms with Gasteiger partial charge in [0.05, 0.1) is 11.0 Å². The van der Waals surface area contributed by atoms with Crippen LogP contribution in [0.2, 0.25) is 0 Å². The topological polar surface area (TPSA) is 51.8 Å². The second-order valence-electron chi connectivity index (χ2n) is 17.4. The number of furan rings is 1. The van der Waals surface area contributed by atoms with Gasteiger partial charge >= 0.3 is 0 Å². The third kappa shape index (κ3) is 4.91. The van der Waals surface area contributed by atoms with Gasteiger partial charge in [-0.15, -0.1) is 0 Å². The number of hydrogen-bond donors (Lipinski definition) is 0. The zero-order valence-corrected chi connectivity index (χ0v) is 34.7. The molecular weight excluding hydrogens is 779 g/mol. The average Bonchev–Trinajstić information content (AvgIpc) is 3.99. The minimum absolute atomic E-state index is 0.156. The van der Waals surface area contributed by atoms with Crippen molar-refractivity contribution in [2.75, 3.05) is 0 Å². The van der Waals surface area contributed by atoms with Gasteiger partial charge in [0.1, 0.15) is 11.2 Å². The fourth-order valence-electron chi connectivity index (χ4n) is 11.4. The van der Waals surface area contributed by atoms with Crippen molar-refractivity contribution in [1.82, 2.24) is 15.0 Å². The third-order valence-electron chi connectivity index (χ3n) is 14.1. The van der Waals surface area contributed by atoms with Crippen molar-refractivity contribution in [3.05, 3.63) is 245 Å². The van der Waals surface area contributed by atoms with Gasteiger partial charge in [-0.25, -0.2) is 15.0 Å². The summed E-state index contributed by atoms with van der Waals surface area (Å²) in [6.07, 6.45) is 0.893. The van der Waals surface area contributed by atoms with Gasteiger partial charge in [0.15, 0.2) is 17.5 Å². The number of hydrogen-bond acceptors (Lipinski definition) is 4. The Kier molecular flexibility index (Phi) is 7.41. The predicted molar refractivity (Wildman–Crippen MR) is 257 cm³/mol. The summed E-state index contributed by atoms with van der Waals surface area (Å²) in [4.78, 5) is 15.1. The minimum atomic E-state index is -0.375. The van der Waals surface area contributed by atoms with E-state index in [1.54, 1.807) is 0 Å². The van der Waals surface area contributed by atoms with E-state index in [9.17, 15) is 0 Å². The molecule has 1 atom stereocenters. The highest BCUT2D eigenvalue weighted by molar-refractivity contribution is 6.09. The first-order valence-electron chi connectivity index (χ1n) is 22.1. The molecule has 0 amide bonds. The van der Waals surface area contributed by atoms with Gasteiger partial charge in [0.2, 0.25) is 0 Å². The van der Waals surface area contributed by atoms with Gasteiger partial charge in [-0.05, 0) is 103 Å². The number of fused-ring (bicyclic) bond motifs is 16. The molecule has 9 aromatic carbocycles. The van der Waals surface area contributed by atoms with Crippen LogP contribution in [-0.4, -0.2) is 15.0 Å². The summed E-state index contributed by atoms with van der Waals surface area (Å²) < 4.78 is 6.78. The average molecular weight is 816 g/mol. The van der Waals surface area contributed by atoms with E-state index in [2.05, 4.69) is 146 Å². The Balaban J connectivity index is 0.912. The second-order valence-corrected chi connectivity index (χ2v) is 17.4. The Hall–Kier alpha value is -8.21. The lowest BCUT2D eigenvalue weighted by Gasteiger charge is -2.33. The van der Waals surface area contributed by atoms with E-state index in [1.807, 2.05) is 60.7 Å². The van der Waals surface area contributed by atoms with Crippen molar-refractivity contribution in [2.45, 2.75) is 17.8 Å². The molecule has 14 rings (SSSR count). The van der Waals surface area contributed by atoms with Crippen LogP contribution in [0.25, 0.3) is 89.5 Å². The highest BCUT2D eigenvalue weighted by atomic mass is 16.3. The normalized spacial score (nSPS) is 14.8. The Morgan fingerprint density at radius 2 is 0.938 bits per heavy atom. The minimum Gasteiger partial charge on any atom is -0.455 e. The Morgan fingerprint density at radius 1 is 0.391 bits per heavy atom. The number of nitrogens with zero attached hydrogens (tertiary/aromatic N) is 3. The monoisotopic (exact) mass is 815 g/mol. The molecule has 11 aromatic rings. The molecule has 3 aliphatic rings. The summed E-state index contributed by atoms with van der Waals surface area (Å²) in [5.41, 5.74) is 21.4. The Bertz CT molecular complexity index is 3610. The molecule has 4 nitrogen and oxygen atoms in total. The molecule has 2 aromatic heterocycles. The molecule has 0 fully saturated rings. The van der Waals surface area contributed by atoms with E-state index < -0.39 is 0 Å². The molecule has 0 aliphatic heterocycles. The fraction of sp³-hybridized carbons (Fsp3) is 0.0500. The lowest BCUT2D eigenvalue weighted by Crippen LogP contribution is -2.26. The van der Waals surface area contributed by atoms with Gasteiger partial charge in [0.25, 0.3) is 0 Å². The molecule has 1 spiro atoms. The number of aromatic nitrogens is 3. The quantitative estimate of drug-likeness (QED) is 0.178. The maximum Gasteiger partial charge on any atom is 0.167 e. The van der Waals surface area contributed by atoms with Crippen LogP contribution < -0.4 is 0 Å². The van der Waals surface area contributed by atoms with Crippen LogP contribution >= 0.6 is 0 Å². The van der Waals surface area contributed by atoms with Crippen molar-refractivity contribution in [3.63, 3.8) is 0 Å². The summed E-state index contributed by atoms with van der Waals surface area (Å²) in [5.74, 6) is 1.98. The van der Waals surface area contributed by atoms with E-state index in [4.69, 9.17) is 19.4 Å². The molecule has 1 unspecified atom stereocenters. The maximum absolute atomic E-state index is 6.78. The van der Waals surface area contributed by atoms with Crippen molar-refractivity contribution < 1.29 is 4.42 Å². The first-order chi connectivity index (χ1) is 31.7. The van der Waals surface area contributed by atoms with Crippen LogP contribution in [0.3, 0.4) is 0 Å². The molecule has 0 saturated heterocycles. The predicted octanol–water partition coefficient (Wildman–Crippen LogP) is 14.5. The van der Waals surface area contributed by atoms with Gasteiger partial charge in [-0.1, -0.05) is 182 Å². The van der Waals surface area contributed by atoms with E-state index in [1.165, 1.54) is 72.3 Å². The SMILES string of the molecule is c1ccc(-c2nc(-c3ccccc3)nc(-c3cccc4c3oc3ccc(C5Cc6cc7c(cc6-c6ccccc65)C5(c6ccccc6-c6ccccc65)c5ccccc5-7)cc34)n2)cc1. The molecule has 0 radical (unpaired) electrons. The molecule has 0 N–H and O–H groups in total. The Labute approximate surface area is 370 Å². The van der Waals surface area contributed by atoms with Crippen molar-refractivity contribution >= 4 is 21.9 Å². The highest BCUT2D eigenvalue weighted by Crippen LogP contribution is 2.64. The second kappa shape index (κ2) is 13.4. The van der Waals surface area contributed by atoms with E-state index in [0.717, 1.165) is 45.0 Å². The van der Waals surface area contributed by atoms with Crippen LogP contribution in [0, 0.1) is 0 Å². The van der Waals surface area contributed by atoms with Crippen LogP contribution in [0.5, 0.6) is 0 Å². The van der Waals surface area contributed by atoms with Gasteiger partial charge < -0.3 is 4.42 Å². The molecule has 2 heterocycles. The molecule has 64 heavy (non-hydrogen) atoms.